The number of fused-ring (bicyclic) bond motifs is 1. The van der Waals surface area contributed by atoms with Gasteiger partial charge in [-0.25, -0.2) is 0 Å². The molecule has 4 rings (SSSR count). The molecule has 0 unspecified atom stereocenters. The molecular formula is C27H22Cl2F3N3O4. The van der Waals surface area contributed by atoms with Gasteiger partial charge in [0.05, 0.1) is 26.7 Å². The number of carbonyl (C=O) groups is 3. The smallest absolute Gasteiger partial charge is 0.417 e. The van der Waals surface area contributed by atoms with Crippen LogP contribution in [0.25, 0.3) is 0 Å². The molecular weight excluding hydrogens is 558 g/mol. The summed E-state index contributed by atoms with van der Waals surface area (Å²) in [5.74, 6) is -1.18. The average Bonchev–Trinajstić information content (AvgIpc) is 2.87. The molecule has 1 aliphatic rings. The molecule has 204 valence electrons. The third kappa shape index (κ3) is 6.29. The van der Waals surface area contributed by atoms with Gasteiger partial charge in [-0.15, -0.1) is 0 Å². The number of carbonyl (C=O) groups excluding carboxylic acids is 3. The van der Waals surface area contributed by atoms with Crippen LogP contribution in [0.4, 0.5) is 24.5 Å². The van der Waals surface area contributed by atoms with E-state index in [1.54, 1.807) is 32.0 Å². The largest absolute Gasteiger partial charge is 0.472 e. The Balaban J connectivity index is 1.53. The maximum atomic E-state index is 13.2. The van der Waals surface area contributed by atoms with E-state index in [-0.39, 0.29) is 58.4 Å². The Kier molecular flexibility index (Phi) is 8.08. The van der Waals surface area contributed by atoms with Crippen LogP contribution in [-0.2, 0) is 17.5 Å². The molecule has 7 nitrogen and oxygen atoms in total. The summed E-state index contributed by atoms with van der Waals surface area (Å²) < 4.78 is 44.8. The monoisotopic (exact) mass is 579 g/mol. The number of nitrogens with one attached hydrogen (secondary N) is 2. The van der Waals surface area contributed by atoms with Gasteiger partial charge in [0.1, 0.15) is 5.75 Å². The number of benzene rings is 3. The number of amides is 3. The Labute approximate surface area is 231 Å². The van der Waals surface area contributed by atoms with Crippen molar-refractivity contribution in [2.75, 3.05) is 16.9 Å². The zero-order valence-corrected chi connectivity index (χ0v) is 22.2. The first-order valence-electron chi connectivity index (χ1n) is 11.7. The van der Waals surface area contributed by atoms with Crippen molar-refractivity contribution in [3.05, 3.63) is 86.9 Å². The predicted molar refractivity (Wildman–Crippen MR) is 141 cm³/mol. The fraction of sp³-hybridized carbons (Fsp3) is 0.222. The second kappa shape index (κ2) is 11.2. The van der Waals surface area contributed by atoms with Crippen molar-refractivity contribution in [3.63, 3.8) is 0 Å². The number of hydrogen-bond donors (Lipinski definition) is 2. The van der Waals surface area contributed by atoms with Gasteiger partial charge in [-0.3, -0.25) is 19.3 Å². The molecule has 0 saturated carbocycles. The van der Waals surface area contributed by atoms with Gasteiger partial charge >= 0.3 is 6.18 Å². The number of rotatable bonds is 6. The fourth-order valence-electron chi connectivity index (χ4n) is 3.78. The van der Waals surface area contributed by atoms with Crippen molar-refractivity contribution in [1.82, 2.24) is 5.32 Å². The first kappa shape index (κ1) is 28.3. The molecule has 39 heavy (non-hydrogen) atoms. The molecule has 1 aliphatic heterocycles. The van der Waals surface area contributed by atoms with Gasteiger partial charge in [-0.05, 0) is 54.1 Å². The molecule has 0 atom stereocenters. The molecule has 0 radical (unpaired) electrons. The summed E-state index contributed by atoms with van der Waals surface area (Å²) in [6.07, 6.45) is -4.64. The minimum atomic E-state index is -4.64. The minimum Gasteiger partial charge on any atom is -0.472 e. The molecule has 0 spiro atoms. The van der Waals surface area contributed by atoms with Crippen LogP contribution in [0.5, 0.6) is 5.75 Å². The van der Waals surface area contributed by atoms with Crippen LogP contribution in [-0.4, -0.2) is 24.5 Å². The van der Waals surface area contributed by atoms with E-state index in [0.717, 1.165) is 23.1 Å². The van der Waals surface area contributed by atoms with Crippen LogP contribution < -0.4 is 20.3 Å². The number of halogens is 5. The molecule has 0 bridgehead atoms. The lowest BCUT2D eigenvalue weighted by molar-refractivity contribution is -0.137. The van der Waals surface area contributed by atoms with Crippen LogP contribution in [0.3, 0.4) is 0 Å². The number of ether oxygens (including phenoxy) is 1. The highest BCUT2D eigenvalue weighted by atomic mass is 35.5. The number of alkyl halides is 3. The van der Waals surface area contributed by atoms with Gasteiger partial charge in [0.15, 0.2) is 6.73 Å². The predicted octanol–water partition coefficient (Wildman–Crippen LogP) is 6.53. The normalized spacial score (nSPS) is 13.1. The lowest BCUT2D eigenvalue weighted by atomic mass is 10.1. The molecule has 0 fully saturated rings. The quantitative estimate of drug-likeness (QED) is 0.347. The summed E-state index contributed by atoms with van der Waals surface area (Å²) in [6.45, 7) is 3.50. The van der Waals surface area contributed by atoms with Gasteiger partial charge < -0.3 is 15.4 Å². The second-order valence-electron chi connectivity index (χ2n) is 9.02. The zero-order chi connectivity index (χ0) is 28.5. The number of hydrogen-bond acceptors (Lipinski definition) is 4. The molecule has 0 aromatic heterocycles. The summed E-state index contributed by atoms with van der Waals surface area (Å²) in [6, 6.07) is 12.2. The Morgan fingerprint density at radius 1 is 1.03 bits per heavy atom. The van der Waals surface area contributed by atoms with Gasteiger partial charge in [0.25, 0.3) is 11.8 Å². The van der Waals surface area contributed by atoms with Crippen molar-refractivity contribution < 1.29 is 32.3 Å². The zero-order valence-electron chi connectivity index (χ0n) is 20.7. The molecule has 3 amide bonds. The van der Waals surface area contributed by atoms with Gasteiger partial charge in [0.2, 0.25) is 5.91 Å². The third-order valence-electron chi connectivity index (χ3n) is 5.90. The van der Waals surface area contributed by atoms with E-state index < -0.39 is 28.6 Å². The van der Waals surface area contributed by atoms with Gasteiger partial charge in [-0.1, -0.05) is 43.1 Å². The van der Waals surface area contributed by atoms with Crippen LogP contribution in [0.1, 0.15) is 45.7 Å². The van der Waals surface area contributed by atoms with Crippen LogP contribution in [0.15, 0.2) is 54.6 Å². The van der Waals surface area contributed by atoms with Gasteiger partial charge in [0, 0.05) is 23.8 Å². The maximum Gasteiger partial charge on any atom is 0.417 e. The van der Waals surface area contributed by atoms with E-state index in [2.05, 4.69) is 10.6 Å². The van der Waals surface area contributed by atoms with E-state index >= 15 is 0 Å². The summed E-state index contributed by atoms with van der Waals surface area (Å²) in [5, 5.41) is 5.09. The molecule has 3 aromatic rings. The Morgan fingerprint density at radius 2 is 1.77 bits per heavy atom. The fourth-order valence-corrected chi connectivity index (χ4v) is 4.27. The topological polar surface area (TPSA) is 87.7 Å². The van der Waals surface area contributed by atoms with Crippen molar-refractivity contribution in [3.8, 4) is 5.75 Å². The Bertz CT molecular complexity index is 1460. The third-order valence-corrected chi connectivity index (χ3v) is 6.54. The lowest BCUT2D eigenvalue weighted by Gasteiger charge is -2.29. The summed E-state index contributed by atoms with van der Waals surface area (Å²) in [4.78, 5) is 39.2. The second-order valence-corrected chi connectivity index (χ2v) is 9.83. The Morgan fingerprint density at radius 3 is 2.44 bits per heavy atom. The summed E-state index contributed by atoms with van der Waals surface area (Å²) >= 11 is 12.1. The maximum absolute atomic E-state index is 13.2. The van der Waals surface area contributed by atoms with Crippen molar-refractivity contribution >= 4 is 52.3 Å². The van der Waals surface area contributed by atoms with E-state index in [0.29, 0.717) is 5.56 Å². The Hall–Kier alpha value is -3.76. The molecule has 1 heterocycles. The van der Waals surface area contributed by atoms with Gasteiger partial charge in [-0.2, -0.15) is 13.2 Å². The molecule has 0 aliphatic carbocycles. The molecule has 2 N–H and O–H groups in total. The van der Waals surface area contributed by atoms with E-state index in [4.69, 9.17) is 27.9 Å². The highest BCUT2D eigenvalue weighted by Gasteiger charge is 2.34. The number of nitrogens with zero attached hydrogens (tertiary/aromatic N) is 1. The molecule has 3 aromatic carbocycles. The number of anilines is 2. The van der Waals surface area contributed by atoms with E-state index in [1.807, 2.05) is 0 Å². The average molecular weight is 580 g/mol. The summed E-state index contributed by atoms with van der Waals surface area (Å²) in [7, 11) is 0. The lowest BCUT2D eigenvalue weighted by Crippen LogP contribution is -2.38. The highest BCUT2D eigenvalue weighted by molar-refractivity contribution is 6.34. The van der Waals surface area contributed by atoms with Crippen LogP contribution >= 0.6 is 23.2 Å². The summed E-state index contributed by atoms with van der Waals surface area (Å²) in [5.41, 5.74) is 0.275. The first-order valence-corrected chi connectivity index (χ1v) is 12.4. The minimum absolute atomic E-state index is 0.0892. The SMILES string of the molecule is CC(C)C(=O)NCc1ccc(Cl)c(C(=O)Nc2ccc3c(c2)C(=O)N(c2ccc(C(F)(F)F)c(Cl)c2)CO3)c1. The standard InChI is InChI=1S/C27H22Cl2F3N3O4/c1-14(2)24(36)33-12-15-3-7-21(28)18(9-15)25(37)34-16-4-8-23-19(10-16)26(38)35(13-39-23)17-5-6-20(22(29)11-17)27(30,31)32/h3-11,14H,12-13H2,1-2H3,(H,33,36)(H,34,37). The molecule has 12 heteroatoms. The van der Waals surface area contributed by atoms with Crippen LogP contribution in [0, 0.1) is 5.92 Å². The first-order chi connectivity index (χ1) is 18.3. The van der Waals surface area contributed by atoms with E-state index in [9.17, 15) is 27.6 Å². The van der Waals surface area contributed by atoms with E-state index in [1.165, 1.54) is 18.2 Å². The van der Waals surface area contributed by atoms with Crippen molar-refractivity contribution in [2.24, 2.45) is 5.92 Å². The molecule has 0 saturated heterocycles. The van der Waals surface area contributed by atoms with Crippen molar-refractivity contribution in [1.29, 1.82) is 0 Å². The van der Waals surface area contributed by atoms with Crippen molar-refractivity contribution in [2.45, 2.75) is 26.6 Å². The highest BCUT2D eigenvalue weighted by Crippen LogP contribution is 2.38. The van der Waals surface area contributed by atoms with Crippen LogP contribution in [0.2, 0.25) is 10.0 Å².